The number of carbonyl (C=O) groups is 2. The lowest BCUT2D eigenvalue weighted by Gasteiger charge is -2.16. The third kappa shape index (κ3) is 4.37. The number of nitrogens with one attached hydrogen (secondary N) is 1. The second kappa shape index (κ2) is 8.49. The van der Waals surface area contributed by atoms with Crippen molar-refractivity contribution in [2.24, 2.45) is 5.92 Å². The van der Waals surface area contributed by atoms with E-state index >= 15 is 0 Å². The van der Waals surface area contributed by atoms with Crippen molar-refractivity contribution in [3.05, 3.63) is 60.4 Å². The predicted octanol–water partition coefficient (Wildman–Crippen LogP) is 3.22. The van der Waals surface area contributed by atoms with Crippen LogP contribution in [0.1, 0.15) is 12.0 Å². The molecule has 0 saturated carbocycles. The van der Waals surface area contributed by atoms with Gasteiger partial charge in [0.1, 0.15) is 0 Å². The number of pyridine rings is 1. The summed E-state index contributed by atoms with van der Waals surface area (Å²) in [6.45, 7) is 0.371. The van der Waals surface area contributed by atoms with E-state index in [-0.39, 0.29) is 18.2 Å². The number of amides is 2. The first-order valence-corrected chi connectivity index (χ1v) is 10.5. The molecule has 28 heavy (non-hydrogen) atoms. The van der Waals surface area contributed by atoms with Gasteiger partial charge >= 0.3 is 0 Å². The van der Waals surface area contributed by atoms with E-state index in [2.05, 4.69) is 20.5 Å². The average Bonchev–Trinajstić information content (AvgIpc) is 3.34. The van der Waals surface area contributed by atoms with E-state index in [1.807, 2.05) is 48.7 Å². The summed E-state index contributed by atoms with van der Waals surface area (Å²) in [5.41, 5.74) is 1.91. The molecule has 0 aliphatic carbocycles. The smallest absolute Gasteiger partial charge is 0.231 e. The molecule has 0 spiro atoms. The summed E-state index contributed by atoms with van der Waals surface area (Å²) in [7, 11) is 0. The molecule has 1 aliphatic heterocycles. The fourth-order valence-electron chi connectivity index (χ4n) is 2.90. The van der Waals surface area contributed by atoms with E-state index in [0.29, 0.717) is 11.7 Å². The van der Waals surface area contributed by atoms with Gasteiger partial charge in [-0.25, -0.2) is 0 Å². The minimum absolute atomic E-state index is 0.0451. The molecular weight excluding hydrogens is 394 g/mol. The maximum Gasteiger partial charge on any atom is 0.231 e. The highest BCUT2D eigenvalue weighted by molar-refractivity contribution is 8.00. The first-order chi connectivity index (χ1) is 13.7. The van der Waals surface area contributed by atoms with Crippen LogP contribution in [0.5, 0.6) is 0 Å². The van der Waals surface area contributed by atoms with Crippen molar-refractivity contribution in [1.82, 2.24) is 15.2 Å². The quantitative estimate of drug-likeness (QED) is 0.495. The standard InChI is InChI=1S/C19H17N5O2S2/c25-16-9-14(11-24(16)15-6-2-1-3-7-15)17(26)21-18-22-23-19(28-18)27-12-13-5-4-8-20-10-13/h1-8,10,14H,9,11-12H2,(H,21,22,26)/t14-/m1/s1. The summed E-state index contributed by atoms with van der Waals surface area (Å²) in [6, 6.07) is 13.3. The Kier molecular flexibility index (Phi) is 5.63. The molecule has 3 heterocycles. The second-order valence-corrected chi connectivity index (χ2v) is 8.45. The largest absolute Gasteiger partial charge is 0.312 e. The van der Waals surface area contributed by atoms with Crippen molar-refractivity contribution in [1.29, 1.82) is 0 Å². The van der Waals surface area contributed by atoms with E-state index in [1.165, 1.54) is 11.3 Å². The molecule has 9 heteroatoms. The summed E-state index contributed by atoms with van der Waals surface area (Å²) < 4.78 is 0.771. The second-order valence-electron chi connectivity index (χ2n) is 6.25. The fraction of sp³-hybridized carbons (Fsp3) is 0.211. The van der Waals surface area contributed by atoms with Crippen LogP contribution in [0.15, 0.2) is 59.2 Å². The van der Waals surface area contributed by atoms with Crippen LogP contribution in [0.4, 0.5) is 10.8 Å². The Morgan fingerprint density at radius 2 is 2.07 bits per heavy atom. The molecule has 4 rings (SSSR count). The Morgan fingerprint density at radius 3 is 2.86 bits per heavy atom. The van der Waals surface area contributed by atoms with Gasteiger partial charge in [0.2, 0.25) is 16.9 Å². The minimum atomic E-state index is -0.400. The highest BCUT2D eigenvalue weighted by atomic mass is 32.2. The Labute approximate surface area is 170 Å². The molecule has 1 N–H and O–H groups in total. The van der Waals surface area contributed by atoms with E-state index in [4.69, 9.17) is 0 Å². The van der Waals surface area contributed by atoms with Gasteiger partial charge in [0.15, 0.2) is 4.34 Å². The number of aromatic nitrogens is 3. The summed E-state index contributed by atoms with van der Waals surface area (Å²) in [6.07, 6.45) is 3.74. The molecule has 1 aromatic carbocycles. The molecule has 3 aromatic rings. The molecule has 1 saturated heterocycles. The van der Waals surface area contributed by atoms with Gasteiger partial charge in [-0.3, -0.25) is 14.6 Å². The van der Waals surface area contributed by atoms with Crippen molar-refractivity contribution in [2.45, 2.75) is 16.5 Å². The third-order valence-corrected chi connectivity index (χ3v) is 6.33. The van der Waals surface area contributed by atoms with Crippen LogP contribution in [0.25, 0.3) is 0 Å². The molecular formula is C19H17N5O2S2. The minimum Gasteiger partial charge on any atom is -0.312 e. The van der Waals surface area contributed by atoms with Gasteiger partial charge in [-0.15, -0.1) is 10.2 Å². The lowest BCUT2D eigenvalue weighted by atomic mass is 10.1. The first kappa shape index (κ1) is 18.6. The topological polar surface area (TPSA) is 88.1 Å². The van der Waals surface area contributed by atoms with Crippen molar-refractivity contribution in [2.75, 3.05) is 16.8 Å². The molecule has 0 radical (unpaired) electrons. The van der Waals surface area contributed by atoms with Crippen molar-refractivity contribution in [3.8, 4) is 0 Å². The summed E-state index contributed by atoms with van der Waals surface area (Å²) >= 11 is 2.87. The van der Waals surface area contributed by atoms with E-state index in [0.717, 1.165) is 21.3 Å². The number of para-hydroxylation sites is 1. The van der Waals surface area contributed by atoms with E-state index in [9.17, 15) is 9.59 Å². The summed E-state index contributed by atoms with van der Waals surface area (Å²) in [5, 5.41) is 11.4. The number of hydrogen-bond donors (Lipinski definition) is 1. The molecule has 0 bridgehead atoms. The Morgan fingerprint density at radius 1 is 1.21 bits per heavy atom. The first-order valence-electron chi connectivity index (χ1n) is 8.70. The summed E-state index contributed by atoms with van der Waals surface area (Å²) in [5.74, 6) is 0.0886. The van der Waals surface area contributed by atoms with Crippen LogP contribution in [0, 0.1) is 5.92 Å². The van der Waals surface area contributed by atoms with Crippen molar-refractivity contribution >= 4 is 45.7 Å². The predicted molar refractivity (Wildman–Crippen MR) is 109 cm³/mol. The van der Waals surface area contributed by atoms with Gasteiger partial charge in [-0.2, -0.15) is 0 Å². The Bertz CT molecular complexity index is 965. The lowest BCUT2D eigenvalue weighted by molar-refractivity contribution is -0.122. The lowest BCUT2D eigenvalue weighted by Crippen LogP contribution is -2.28. The zero-order valence-electron chi connectivity index (χ0n) is 14.8. The molecule has 1 aliphatic rings. The van der Waals surface area contributed by atoms with Gasteiger partial charge < -0.3 is 10.2 Å². The number of nitrogens with zero attached hydrogens (tertiary/aromatic N) is 4. The Hall–Kier alpha value is -2.78. The molecule has 0 unspecified atom stereocenters. The molecule has 142 valence electrons. The van der Waals surface area contributed by atoms with Gasteiger partial charge in [0.05, 0.1) is 5.92 Å². The molecule has 1 fully saturated rings. The van der Waals surface area contributed by atoms with Crippen molar-refractivity contribution in [3.63, 3.8) is 0 Å². The molecule has 2 aromatic heterocycles. The zero-order chi connectivity index (χ0) is 19.3. The number of hydrogen-bond acceptors (Lipinski definition) is 7. The molecule has 1 atom stereocenters. The molecule has 2 amide bonds. The van der Waals surface area contributed by atoms with Crippen LogP contribution in [-0.4, -0.2) is 33.5 Å². The van der Waals surface area contributed by atoms with E-state index in [1.54, 1.807) is 22.9 Å². The zero-order valence-corrected chi connectivity index (χ0v) is 16.4. The normalized spacial score (nSPS) is 16.4. The third-order valence-electron chi connectivity index (χ3n) is 4.29. The number of benzene rings is 1. The highest BCUT2D eigenvalue weighted by Gasteiger charge is 2.35. The van der Waals surface area contributed by atoms with Gasteiger partial charge in [0.25, 0.3) is 0 Å². The summed E-state index contributed by atoms with van der Waals surface area (Å²) in [4.78, 5) is 30.6. The maximum atomic E-state index is 12.6. The number of rotatable bonds is 6. The number of thioether (sulfide) groups is 1. The maximum absolute atomic E-state index is 12.6. The van der Waals surface area contributed by atoms with Gasteiger partial charge in [-0.1, -0.05) is 47.4 Å². The Balaban J connectivity index is 1.33. The molecule has 7 nitrogen and oxygen atoms in total. The number of carbonyl (C=O) groups excluding carboxylic acids is 2. The van der Waals surface area contributed by atoms with Crippen LogP contribution in [0.2, 0.25) is 0 Å². The SMILES string of the molecule is O=C(Nc1nnc(SCc2cccnc2)s1)[C@@H]1CC(=O)N(c2ccccc2)C1. The van der Waals surface area contributed by atoms with E-state index < -0.39 is 5.92 Å². The number of anilines is 2. The van der Waals surface area contributed by atoms with Crippen molar-refractivity contribution < 1.29 is 9.59 Å². The van der Waals surface area contributed by atoms with Crippen LogP contribution >= 0.6 is 23.1 Å². The van der Waals surface area contributed by atoms with Crippen LogP contribution in [0.3, 0.4) is 0 Å². The van der Waals surface area contributed by atoms with Gasteiger partial charge in [-0.05, 0) is 23.8 Å². The van der Waals surface area contributed by atoms with Gasteiger partial charge in [0, 0.05) is 36.8 Å². The van der Waals surface area contributed by atoms with Crippen LogP contribution < -0.4 is 10.2 Å². The van der Waals surface area contributed by atoms with Crippen LogP contribution in [-0.2, 0) is 15.3 Å². The highest BCUT2D eigenvalue weighted by Crippen LogP contribution is 2.30. The fourth-order valence-corrected chi connectivity index (χ4v) is 4.58. The average molecular weight is 412 g/mol. The monoisotopic (exact) mass is 411 g/mol.